The second-order valence-electron chi connectivity index (χ2n) is 8.72. The molecule has 2 atom stereocenters. The molecule has 1 aliphatic heterocycles. The first-order valence-electron chi connectivity index (χ1n) is 12.3. The van der Waals surface area contributed by atoms with Gasteiger partial charge in [-0.15, -0.1) is 0 Å². The van der Waals surface area contributed by atoms with Crippen LogP contribution in [0.15, 0.2) is 65.4 Å². The Balaban J connectivity index is 1.82. The highest BCUT2D eigenvalue weighted by molar-refractivity contribution is 5.92. The number of para-hydroxylation sites is 2. The van der Waals surface area contributed by atoms with E-state index in [9.17, 15) is 9.90 Å². The van der Waals surface area contributed by atoms with Crippen molar-refractivity contribution < 1.29 is 19.4 Å². The molecule has 6 heteroatoms. The standard InChI is InChI=1S/C28H36N2O4/c1-4-6-7-10-17-33-23-15-13-22(14-16-23)26-18-29-24(28(31)32)19-30(26)25-11-8-9-12-27(25)34-20-21(3)5-2/h8-9,11-16,18-19,21,26H,4-7,10,17,20H2,1-3H3,(H,31,32). The van der Waals surface area contributed by atoms with E-state index in [-0.39, 0.29) is 11.7 Å². The molecule has 6 nitrogen and oxygen atoms in total. The fraction of sp³-hybridized carbons (Fsp3) is 0.429. The van der Waals surface area contributed by atoms with Crippen molar-refractivity contribution in [2.24, 2.45) is 10.9 Å². The number of carbonyl (C=O) groups is 1. The van der Waals surface area contributed by atoms with Crippen LogP contribution < -0.4 is 14.4 Å². The van der Waals surface area contributed by atoms with Crippen molar-refractivity contribution in [2.45, 2.75) is 58.9 Å². The summed E-state index contributed by atoms with van der Waals surface area (Å²) in [6.07, 6.45) is 8.95. The van der Waals surface area contributed by atoms with Gasteiger partial charge < -0.3 is 19.5 Å². The maximum atomic E-state index is 11.7. The molecule has 0 amide bonds. The lowest BCUT2D eigenvalue weighted by atomic mass is 10.0. The minimum atomic E-state index is -1.07. The summed E-state index contributed by atoms with van der Waals surface area (Å²) in [4.78, 5) is 17.8. The van der Waals surface area contributed by atoms with Crippen LogP contribution >= 0.6 is 0 Å². The monoisotopic (exact) mass is 464 g/mol. The first-order chi connectivity index (χ1) is 16.5. The third-order valence-corrected chi connectivity index (χ3v) is 5.99. The van der Waals surface area contributed by atoms with E-state index in [1.54, 1.807) is 12.4 Å². The average molecular weight is 465 g/mol. The number of hydrogen-bond donors (Lipinski definition) is 1. The van der Waals surface area contributed by atoms with E-state index < -0.39 is 5.97 Å². The summed E-state index contributed by atoms with van der Waals surface area (Å²) in [5.74, 6) is 0.908. The SMILES string of the molecule is CCCCCCOc1ccc(C2C=NC(C(=O)O)=CN2c2ccccc2OCC(C)CC)cc1. The zero-order valence-electron chi connectivity index (χ0n) is 20.4. The van der Waals surface area contributed by atoms with Gasteiger partial charge in [0.15, 0.2) is 5.70 Å². The first kappa shape index (κ1) is 25.3. The van der Waals surface area contributed by atoms with Gasteiger partial charge in [-0.1, -0.05) is 70.7 Å². The van der Waals surface area contributed by atoms with Crippen molar-refractivity contribution >= 4 is 17.9 Å². The molecular formula is C28H36N2O4. The number of carboxylic acid groups (broad SMARTS) is 1. The van der Waals surface area contributed by atoms with Gasteiger partial charge in [-0.2, -0.15) is 0 Å². The highest BCUT2D eigenvalue weighted by atomic mass is 16.5. The predicted octanol–water partition coefficient (Wildman–Crippen LogP) is 6.63. The fourth-order valence-electron chi connectivity index (χ4n) is 3.67. The van der Waals surface area contributed by atoms with Crippen molar-refractivity contribution in [2.75, 3.05) is 18.1 Å². The molecule has 3 rings (SSSR count). The number of unbranched alkanes of at least 4 members (excludes halogenated alkanes) is 3. The van der Waals surface area contributed by atoms with E-state index >= 15 is 0 Å². The predicted molar refractivity (Wildman–Crippen MR) is 137 cm³/mol. The molecule has 0 fully saturated rings. The molecule has 0 spiro atoms. The Bertz CT molecular complexity index is 984. The quantitative estimate of drug-likeness (QED) is 0.337. The molecule has 1 heterocycles. The molecule has 2 aromatic carbocycles. The Morgan fingerprint density at radius 2 is 1.82 bits per heavy atom. The smallest absolute Gasteiger partial charge is 0.356 e. The van der Waals surface area contributed by atoms with Crippen molar-refractivity contribution in [3.05, 3.63) is 66.0 Å². The zero-order chi connectivity index (χ0) is 24.3. The minimum Gasteiger partial charge on any atom is -0.494 e. The van der Waals surface area contributed by atoms with Gasteiger partial charge in [0, 0.05) is 12.4 Å². The Hall–Kier alpha value is -3.28. The van der Waals surface area contributed by atoms with Crippen LogP contribution in [0.2, 0.25) is 0 Å². The first-order valence-corrected chi connectivity index (χ1v) is 12.3. The van der Waals surface area contributed by atoms with Gasteiger partial charge in [-0.05, 0) is 42.2 Å². The number of carboxylic acids is 1. The largest absolute Gasteiger partial charge is 0.494 e. The summed E-state index contributed by atoms with van der Waals surface area (Å²) < 4.78 is 12.0. The van der Waals surface area contributed by atoms with E-state index in [4.69, 9.17) is 9.47 Å². The van der Waals surface area contributed by atoms with Crippen molar-refractivity contribution in [1.29, 1.82) is 0 Å². The van der Waals surface area contributed by atoms with Crippen LogP contribution in [0.25, 0.3) is 0 Å². The molecule has 1 aliphatic rings. The van der Waals surface area contributed by atoms with Crippen molar-refractivity contribution in [3.63, 3.8) is 0 Å². The molecule has 0 saturated carbocycles. The Morgan fingerprint density at radius 3 is 2.53 bits per heavy atom. The Morgan fingerprint density at radius 1 is 1.06 bits per heavy atom. The van der Waals surface area contributed by atoms with Gasteiger partial charge in [-0.25, -0.2) is 9.79 Å². The molecule has 0 bridgehead atoms. The van der Waals surface area contributed by atoms with Crippen molar-refractivity contribution in [1.82, 2.24) is 0 Å². The molecule has 1 N–H and O–H groups in total. The molecule has 2 unspecified atom stereocenters. The number of aliphatic imine (C=N–C) groups is 1. The third kappa shape index (κ3) is 6.86. The summed E-state index contributed by atoms with van der Waals surface area (Å²) in [5, 5.41) is 9.55. The van der Waals surface area contributed by atoms with E-state index in [1.165, 1.54) is 19.3 Å². The highest BCUT2D eigenvalue weighted by Crippen LogP contribution is 2.37. The lowest BCUT2D eigenvalue weighted by Crippen LogP contribution is -2.29. The maximum absolute atomic E-state index is 11.7. The lowest BCUT2D eigenvalue weighted by Gasteiger charge is -2.32. The lowest BCUT2D eigenvalue weighted by molar-refractivity contribution is -0.132. The minimum absolute atomic E-state index is 0.0139. The molecule has 0 radical (unpaired) electrons. The maximum Gasteiger partial charge on any atom is 0.356 e. The van der Waals surface area contributed by atoms with Gasteiger partial charge in [0.25, 0.3) is 0 Å². The van der Waals surface area contributed by atoms with Crippen LogP contribution in [0.4, 0.5) is 5.69 Å². The number of benzene rings is 2. The highest BCUT2D eigenvalue weighted by Gasteiger charge is 2.26. The summed E-state index contributed by atoms with van der Waals surface area (Å²) in [6.45, 7) is 7.79. The second kappa shape index (κ2) is 12.8. The molecule has 2 aromatic rings. The summed E-state index contributed by atoms with van der Waals surface area (Å²) >= 11 is 0. The number of rotatable bonds is 13. The van der Waals surface area contributed by atoms with Crippen LogP contribution in [-0.2, 0) is 4.79 Å². The van der Waals surface area contributed by atoms with Crippen LogP contribution in [0.1, 0.15) is 64.5 Å². The summed E-state index contributed by atoms with van der Waals surface area (Å²) in [5.41, 5.74) is 1.77. The molecule has 0 aliphatic carbocycles. The number of ether oxygens (including phenoxy) is 2. The van der Waals surface area contributed by atoms with E-state index in [0.717, 1.165) is 35.6 Å². The average Bonchev–Trinajstić information content (AvgIpc) is 2.87. The van der Waals surface area contributed by atoms with Gasteiger partial charge >= 0.3 is 5.97 Å². The molecular weight excluding hydrogens is 428 g/mol. The van der Waals surface area contributed by atoms with Crippen LogP contribution in [-0.4, -0.2) is 30.5 Å². The van der Waals surface area contributed by atoms with E-state index in [1.807, 2.05) is 53.4 Å². The molecule has 0 saturated heterocycles. The van der Waals surface area contributed by atoms with Gasteiger partial charge in [-0.3, -0.25) is 0 Å². The third-order valence-electron chi connectivity index (χ3n) is 5.99. The number of hydrogen-bond acceptors (Lipinski definition) is 5. The molecule has 182 valence electrons. The molecule has 0 aromatic heterocycles. The summed E-state index contributed by atoms with van der Waals surface area (Å²) in [7, 11) is 0. The topological polar surface area (TPSA) is 71.4 Å². The number of aliphatic carboxylic acids is 1. The van der Waals surface area contributed by atoms with E-state index in [0.29, 0.717) is 19.1 Å². The molecule has 34 heavy (non-hydrogen) atoms. The second-order valence-corrected chi connectivity index (χ2v) is 8.72. The number of anilines is 1. The van der Waals surface area contributed by atoms with Crippen LogP contribution in [0.5, 0.6) is 11.5 Å². The Labute approximate surface area is 202 Å². The number of nitrogens with zero attached hydrogens (tertiary/aromatic N) is 2. The van der Waals surface area contributed by atoms with Gasteiger partial charge in [0.2, 0.25) is 0 Å². The van der Waals surface area contributed by atoms with Gasteiger partial charge in [0.1, 0.15) is 11.5 Å². The Kier molecular flexibility index (Phi) is 9.56. The zero-order valence-corrected chi connectivity index (χ0v) is 20.4. The van der Waals surface area contributed by atoms with E-state index in [2.05, 4.69) is 25.8 Å². The van der Waals surface area contributed by atoms with Crippen LogP contribution in [0, 0.1) is 5.92 Å². The normalized spacial score (nSPS) is 16.1. The van der Waals surface area contributed by atoms with Gasteiger partial charge in [0.05, 0.1) is 24.9 Å². The summed E-state index contributed by atoms with van der Waals surface area (Å²) in [6, 6.07) is 15.4. The van der Waals surface area contributed by atoms with Crippen LogP contribution in [0.3, 0.4) is 0 Å². The van der Waals surface area contributed by atoms with Crippen molar-refractivity contribution in [3.8, 4) is 11.5 Å². The fourth-order valence-corrected chi connectivity index (χ4v) is 3.67.